The summed E-state index contributed by atoms with van der Waals surface area (Å²) in [6.45, 7) is 9.67. The molecule has 2 rings (SSSR count). The molecule has 1 heterocycles. The maximum atomic E-state index is 3.54. The zero-order valence-corrected chi connectivity index (χ0v) is 12.5. The molecule has 0 amide bonds. The van der Waals surface area contributed by atoms with E-state index in [9.17, 15) is 0 Å². The van der Waals surface area contributed by atoms with Crippen LogP contribution in [-0.4, -0.2) is 37.1 Å². The molecule has 1 N–H and O–H groups in total. The average Bonchev–Trinajstić information content (AvgIpc) is 2.55. The molecule has 2 fully saturated rings. The fourth-order valence-electron chi connectivity index (χ4n) is 3.82. The second-order valence-electron chi connectivity index (χ2n) is 6.33. The number of nitrogens with one attached hydrogen (secondary N) is 1. The Labute approximate surface area is 114 Å². The van der Waals surface area contributed by atoms with Crippen LogP contribution in [0.4, 0.5) is 0 Å². The molecule has 2 nitrogen and oxygen atoms in total. The number of likely N-dealkylation sites (tertiary alicyclic amines) is 1. The Kier molecular flexibility index (Phi) is 5.97. The van der Waals surface area contributed by atoms with E-state index in [1.165, 1.54) is 64.6 Å². The van der Waals surface area contributed by atoms with Crippen LogP contribution in [0.25, 0.3) is 0 Å². The van der Waals surface area contributed by atoms with Crippen LogP contribution >= 0.6 is 0 Å². The van der Waals surface area contributed by atoms with Gasteiger partial charge in [-0.2, -0.15) is 0 Å². The van der Waals surface area contributed by atoms with E-state index in [1.54, 1.807) is 0 Å². The van der Waals surface area contributed by atoms with Gasteiger partial charge in [0.2, 0.25) is 0 Å². The Morgan fingerprint density at radius 3 is 2.61 bits per heavy atom. The third-order valence-electron chi connectivity index (χ3n) is 5.08. The van der Waals surface area contributed by atoms with E-state index in [4.69, 9.17) is 0 Å². The summed E-state index contributed by atoms with van der Waals surface area (Å²) in [7, 11) is 0. The van der Waals surface area contributed by atoms with Crippen molar-refractivity contribution in [2.24, 2.45) is 11.8 Å². The molecule has 0 bridgehead atoms. The van der Waals surface area contributed by atoms with Crippen molar-refractivity contribution < 1.29 is 0 Å². The molecule has 0 aromatic rings. The molecule has 2 aliphatic rings. The average molecular weight is 252 g/mol. The Morgan fingerprint density at radius 1 is 1.06 bits per heavy atom. The van der Waals surface area contributed by atoms with Gasteiger partial charge in [0.25, 0.3) is 0 Å². The van der Waals surface area contributed by atoms with E-state index in [-0.39, 0.29) is 0 Å². The minimum Gasteiger partial charge on any atom is -0.317 e. The van der Waals surface area contributed by atoms with Crippen LogP contribution in [0.2, 0.25) is 0 Å². The predicted molar refractivity (Wildman–Crippen MR) is 78.9 cm³/mol. The highest BCUT2D eigenvalue weighted by atomic mass is 15.2. The molecule has 0 aromatic heterocycles. The SMILES string of the molecule is CCCC1CCCN(C2CCC2CNCC)CC1. The first-order valence-corrected chi connectivity index (χ1v) is 8.29. The Balaban J connectivity index is 1.75. The number of hydrogen-bond donors (Lipinski definition) is 1. The van der Waals surface area contributed by atoms with Gasteiger partial charge in [-0.25, -0.2) is 0 Å². The topological polar surface area (TPSA) is 15.3 Å². The highest BCUT2D eigenvalue weighted by Gasteiger charge is 2.35. The van der Waals surface area contributed by atoms with E-state index in [0.29, 0.717) is 0 Å². The fraction of sp³-hybridized carbons (Fsp3) is 1.00. The highest BCUT2D eigenvalue weighted by Crippen LogP contribution is 2.34. The van der Waals surface area contributed by atoms with E-state index in [0.717, 1.165) is 24.4 Å². The zero-order chi connectivity index (χ0) is 12.8. The number of rotatable bonds is 6. The van der Waals surface area contributed by atoms with Gasteiger partial charge in [0, 0.05) is 6.04 Å². The summed E-state index contributed by atoms with van der Waals surface area (Å²) in [5.41, 5.74) is 0. The second-order valence-corrected chi connectivity index (χ2v) is 6.33. The maximum absolute atomic E-state index is 3.54. The molecule has 3 atom stereocenters. The Bertz CT molecular complexity index is 229. The van der Waals surface area contributed by atoms with Crippen molar-refractivity contribution in [2.75, 3.05) is 26.2 Å². The molecule has 1 aliphatic heterocycles. The van der Waals surface area contributed by atoms with Crippen molar-refractivity contribution in [1.82, 2.24) is 10.2 Å². The standard InChI is InChI=1S/C16H32N2/c1-3-6-14-7-5-11-18(12-10-14)16-9-8-15(16)13-17-4-2/h14-17H,3-13H2,1-2H3. The molecule has 2 heteroatoms. The molecule has 1 aliphatic carbocycles. The first-order chi connectivity index (χ1) is 8.85. The monoisotopic (exact) mass is 252 g/mol. The molecule has 3 unspecified atom stereocenters. The van der Waals surface area contributed by atoms with Crippen molar-refractivity contribution in [3.63, 3.8) is 0 Å². The van der Waals surface area contributed by atoms with Gasteiger partial charge in [0.05, 0.1) is 0 Å². The van der Waals surface area contributed by atoms with Crippen LogP contribution in [0.15, 0.2) is 0 Å². The molecule has 106 valence electrons. The molecule has 18 heavy (non-hydrogen) atoms. The molecular weight excluding hydrogens is 220 g/mol. The van der Waals surface area contributed by atoms with E-state index in [2.05, 4.69) is 24.1 Å². The Morgan fingerprint density at radius 2 is 1.94 bits per heavy atom. The predicted octanol–water partition coefficient (Wildman–Crippen LogP) is 3.28. The summed E-state index contributed by atoms with van der Waals surface area (Å²) in [6.07, 6.45) is 10.1. The number of nitrogens with zero attached hydrogens (tertiary/aromatic N) is 1. The minimum absolute atomic E-state index is 0.907. The molecular formula is C16H32N2. The fourth-order valence-corrected chi connectivity index (χ4v) is 3.82. The van der Waals surface area contributed by atoms with E-state index < -0.39 is 0 Å². The van der Waals surface area contributed by atoms with Gasteiger partial charge < -0.3 is 10.2 Å². The Hall–Kier alpha value is -0.0800. The van der Waals surface area contributed by atoms with Gasteiger partial charge >= 0.3 is 0 Å². The summed E-state index contributed by atoms with van der Waals surface area (Å²) in [6, 6.07) is 0.907. The summed E-state index contributed by atoms with van der Waals surface area (Å²) in [4.78, 5) is 2.82. The lowest BCUT2D eigenvalue weighted by Gasteiger charge is -2.44. The summed E-state index contributed by atoms with van der Waals surface area (Å²) in [5, 5.41) is 3.54. The lowest BCUT2D eigenvalue weighted by atomic mass is 9.78. The first-order valence-electron chi connectivity index (χ1n) is 8.29. The largest absolute Gasteiger partial charge is 0.317 e. The minimum atomic E-state index is 0.907. The molecule has 1 saturated carbocycles. The van der Waals surface area contributed by atoms with Gasteiger partial charge in [-0.05, 0) is 70.1 Å². The second kappa shape index (κ2) is 7.49. The van der Waals surface area contributed by atoms with Gasteiger partial charge in [-0.15, -0.1) is 0 Å². The van der Waals surface area contributed by atoms with Crippen LogP contribution in [-0.2, 0) is 0 Å². The summed E-state index contributed by atoms with van der Waals surface area (Å²) in [5.74, 6) is 1.96. The van der Waals surface area contributed by atoms with Gasteiger partial charge in [-0.3, -0.25) is 0 Å². The van der Waals surface area contributed by atoms with Crippen LogP contribution < -0.4 is 5.32 Å². The molecule has 0 radical (unpaired) electrons. The van der Waals surface area contributed by atoms with Crippen LogP contribution in [0.5, 0.6) is 0 Å². The third-order valence-corrected chi connectivity index (χ3v) is 5.08. The highest BCUT2D eigenvalue weighted by molar-refractivity contribution is 4.91. The number of hydrogen-bond acceptors (Lipinski definition) is 2. The summed E-state index contributed by atoms with van der Waals surface area (Å²) < 4.78 is 0. The quantitative estimate of drug-likeness (QED) is 0.780. The van der Waals surface area contributed by atoms with Crippen molar-refractivity contribution in [3.8, 4) is 0 Å². The third kappa shape index (κ3) is 3.71. The smallest absolute Gasteiger partial charge is 0.0136 e. The molecule has 0 spiro atoms. The maximum Gasteiger partial charge on any atom is 0.0136 e. The van der Waals surface area contributed by atoms with Gasteiger partial charge in [0.15, 0.2) is 0 Å². The molecule has 0 aromatic carbocycles. The van der Waals surface area contributed by atoms with Crippen molar-refractivity contribution in [1.29, 1.82) is 0 Å². The lowest BCUT2D eigenvalue weighted by Crippen LogP contribution is -2.50. The van der Waals surface area contributed by atoms with Crippen molar-refractivity contribution in [3.05, 3.63) is 0 Å². The van der Waals surface area contributed by atoms with E-state index in [1.807, 2.05) is 0 Å². The normalized spacial score (nSPS) is 34.0. The van der Waals surface area contributed by atoms with Gasteiger partial charge in [0.1, 0.15) is 0 Å². The first kappa shape index (κ1) is 14.3. The molecule has 1 saturated heterocycles. The van der Waals surface area contributed by atoms with Crippen molar-refractivity contribution in [2.45, 2.75) is 64.8 Å². The van der Waals surface area contributed by atoms with E-state index >= 15 is 0 Å². The van der Waals surface area contributed by atoms with Crippen LogP contribution in [0.1, 0.15) is 58.8 Å². The van der Waals surface area contributed by atoms with Crippen molar-refractivity contribution >= 4 is 0 Å². The van der Waals surface area contributed by atoms with Crippen LogP contribution in [0, 0.1) is 11.8 Å². The lowest BCUT2D eigenvalue weighted by molar-refractivity contribution is 0.0640. The van der Waals surface area contributed by atoms with Crippen LogP contribution in [0.3, 0.4) is 0 Å². The zero-order valence-electron chi connectivity index (χ0n) is 12.5. The summed E-state index contributed by atoms with van der Waals surface area (Å²) >= 11 is 0. The van der Waals surface area contributed by atoms with Gasteiger partial charge in [-0.1, -0.05) is 26.7 Å².